The molecule has 21 heavy (non-hydrogen) atoms. The number of aromatic nitrogens is 4. The molecule has 0 bridgehead atoms. The summed E-state index contributed by atoms with van der Waals surface area (Å²) in [6.07, 6.45) is 3.83. The summed E-state index contributed by atoms with van der Waals surface area (Å²) in [6, 6.07) is 0. The van der Waals surface area contributed by atoms with Crippen molar-refractivity contribution in [1.29, 1.82) is 0 Å². The Labute approximate surface area is 125 Å². The first-order valence-corrected chi connectivity index (χ1v) is 7.72. The normalized spacial score (nSPS) is 20.0. The minimum absolute atomic E-state index is 0.227. The van der Waals surface area contributed by atoms with E-state index in [0.29, 0.717) is 6.42 Å². The Balaban J connectivity index is 1.83. The Bertz CT molecular complexity index is 756. The highest BCUT2D eigenvalue weighted by Crippen LogP contribution is 2.36. The minimum atomic E-state index is -0.227. The van der Waals surface area contributed by atoms with Crippen LogP contribution in [-0.4, -0.2) is 30.9 Å². The van der Waals surface area contributed by atoms with E-state index in [0.717, 1.165) is 46.2 Å². The van der Waals surface area contributed by atoms with Crippen molar-refractivity contribution in [2.45, 2.75) is 38.6 Å². The lowest BCUT2D eigenvalue weighted by atomic mass is 9.83. The van der Waals surface area contributed by atoms with Gasteiger partial charge in [-0.3, -0.25) is 4.79 Å². The molecule has 1 aliphatic heterocycles. The second-order valence-corrected chi connectivity index (χ2v) is 6.94. The first-order chi connectivity index (χ1) is 10.0. The zero-order chi connectivity index (χ0) is 14.6. The maximum absolute atomic E-state index is 12.3. The van der Waals surface area contributed by atoms with E-state index in [9.17, 15) is 4.79 Å². The van der Waals surface area contributed by atoms with E-state index < -0.39 is 0 Å². The second-order valence-electron chi connectivity index (χ2n) is 6.16. The number of hydrogen-bond donors (Lipinski definition) is 2. The number of allylic oxidation sites excluding steroid dienone is 1. The van der Waals surface area contributed by atoms with Gasteiger partial charge < -0.3 is 10.3 Å². The van der Waals surface area contributed by atoms with Crippen molar-refractivity contribution in [3.63, 3.8) is 0 Å². The van der Waals surface area contributed by atoms with Gasteiger partial charge in [-0.1, -0.05) is 4.49 Å². The van der Waals surface area contributed by atoms with Crippen LogP contribution < -0.4 is 5.32 Å². The Morgan fingerprint density at radius 3 is 2.95 bits per heavy atom. The highest BCUT2D eigenvalue weighted by atomic mass is 32.1. The smallest absolute Gasteiger partial charge is 0.163 e. The first-order valence-electron chi connectivity index (χ1n) is 6.95. The summed E-state index contributed by atoms with van der Waals surface area (Å²) < 4.78 is 3.87. The van der Waals surface area contributed by atoms with Gasteiger partial charge in [-0.2, -0.15) is 0 Å². The molecule has 1 aliphatic carbocycles. The number of aromatic amines is 1. The zero-order valence-electron chi connectivity index (χ0n) is 11.9. The lowest BCUT2D eigenvalue weighted by molar-refractivity contribution is -0.117. The number of nitrogens with zero attached hydrogens (tertiary/aromatic N) is 3. The van der Waals surface area contributed by atoms with Crippen molar-refractivity contribution in [3.05, 3.63) is 23.2 Å². The van der Waals surface area contributed by atoms with Crippen molar-refractivity contribution in [3.8, 4) is 10.7 Å². The molecule has 2 aromatic rings. The van der Waals surface area contributed by atoms with Gasteiger partial charge in [0.2, 0.25) is 0 Å². The van der Waals surface area contributed by atoms with Crippen molar-refractivity contribution in [1.82, 2.24) is 24.9 Å². The monoisotopic (exact) mass is 301 g/mol. The third-order valence-corrected chi connectivity index (χ3v) is 4.61. The summed E-state index contributed by atoms with van der Waals surface area (Å²) in [7, 11) is 0. The van der Waals surface area contributed by atoms with Gasteiger partial charge >= 0.3 is 0 Å². The highest BCUT2D eigenvalue weighted by molar-refractivity contribution is 7.09. The average molecular weight is 301 g/mol. The number of rotatable bonds is 1. The largest absolute Gasteiger partial charge is 0.378 e. The lowest BCUT2D eigenvalue weighted by Gasteiger charge is -2.36. The molecule has 6 nitrogen and oxygen atoms in total. The van der Waals surface area contributed by atoms with Crippen LogP contribution in [-0.2, 0) is 11.2 Å². The molecule has 0 fully saturated rings. The zero-order valence-corrected chi connectivity index (χ0v) is 12.7. The third-order valence-electron chi connectivity index (χ3n) is 3.94. The van der Waals surface area contributed by atoms with Gasteiger partial charge in [0, 0.05) is 23.2 Å². The number of aryl methyl sites for hydroxylation is 1. The topological polar surface area (TPSA) is 83.6 Å². The molecule has 0 radical (unpaired) electrons. The summed E-state index contributed by atoms with van der Waals surface area (Å²) >= 11 is 1.31. The molecule has 2 aliphatic rings. The molecule has 0 unspecified atom stereocenters. The van der Waals surface area contributed by atoms with Crippen LogP contribution in [0.5, 0.6) is 0 Å². The van der Waals surface area contributed by atoms with Crippen LogP contribution in [0.4, 0.5) is 0 Å². The Hall–Kier alpha value is -2.02. The number of carbonyl (C=O) groups is 1. The van der Waals surface area contributed by atoms with Gasteiger partial charge in [0.05, 0.1) is 11.9 Å². The first kappa shape index (κ1) is 12.7. The SMILES string of the molecule is CC1(C)CC(=O)C2=C(N1)c1nc(-c3cnns3)[nH]c1CC2. The maximum atomic E-state index is 12.3. The van der Waals surface area contributed by atoms with E-state index in [1.54, 1.807) is 6.20 Å². The van der Waals surface area contributed by atoms with Gasteiger partial charge in [-0.05, 0) is 38.2 Å². The van der Waals surface area contributed by atoms with Gasteiger partial charge in [0.15, 0.2) is 11.6 Å². The van der Waals surface area contributed by atoms with E-state index in [4.69, 9.17) is 0 Å². The summed E-state index contributed by atoms with van der Waals surface area (Å²) in [6.45, 7) is 4.09. The number of H-pyrrole nitrogens is 1. The van der Waals surface area contributed by atoms with Gasteiger partial charge in [0.25, 0.3) is 0 Å². The van der Waals surface area contributed by atoms with Crippen LogP contribution in [0.2, 0.25) is 0 Å². The van der Waals surface area contributed by atoms with E-state index in [1.807, 2.05) is 13.8 Å². The highest BCUT2D eigenvalue weighted by Gasteiger charge is 2.36. The van der Waals surface area contributed by atoms with Gasteiger partial charge in [0.1, 0.15) is 10.6 Å². The fourth-order valence-electron chi connectivity index (χ4n) is 3.01. The predicted octanol–water partition coefficient (Wildman–Crippen LogP) is 1.93. The molecule has 2 aromatic heterocycles. The minimum Gasteiger partial charge on any atom is -0.378 e. The molecule has 0 atom stereocenters. The van der Waals surface area contributed by atoms with Crippen LogP contribution >= 0.6 is 11.5 Å². The Morgan fingerprint density at radius 1 is 1.33 bits per heavy atom. The Morgan fingerprint density at radius 2 is 2.19 bits per heavy atom. The molecule has 3 heterocycles. The molecule has 7 heteroatoms. The van der Waals surface area contributed by atoms with E-state index in [-0.39, 0.29) is 11.3 Å². The molecule has 2 N–H and O–H groups in total. The van der Waals surface area contributed by atoms with Crippen LogP contribution in [0.3, 0.4) is 0 Å². The Kier molecular flexibility index (Phi) is 2.56. The summed E-state index contributed by atoms with van der Waals surface area (Å²) in [5.41, 5.74) is 3.52. The second kappa shape index (κ2) is 4.24. The molecular formula is C14H15N5OS. The standard InChI is InChI=1S/C14H15N5OS/c1-14(2)5-9(20)7-3-4-8-12(11(7)18-14)17-13(16-8)10-6-15-19-21-10/h6,18H,3-5H2,1-2H3,(H,16,17). The number of nitrogens with one attached hydrogen (secondary N) is 2. The number of carbonyl (C=O) groups excluding carboxylic acids is 1. The van der Waals surface area contributed by atoms with E-state index in [1.165, 1.54) is 11.5 Å². The molecule has 0 aromatic carbocycles. The van der Waals surface area contributed by atoms with Crippen molar-refractivity contribution in [2.24, 2.45) is 0 Å². The van der Waals surface area contributed by atoms with Crippen LogP contribution in [0, 0.1) is 0 Å². The molecule has 108 valence electrons. The summed E-state index contributed by atoms with van der Waals surface area (Å²) in [4.78, 5) is 21.3. The van der Waals surface area contributed by atoms with Gasteiger partial charge in [-0.15, -0.1) is 5.10 Å². The summed E-state index contributed by atoms with van der Waals surface area (Å²) in [5, 5.41) is 7.34. The fraction of sp³-hybridized carbons (Fsp3) is 0.429. The third kappa shape index (κ3) is 1.99. The number of Topliss-reactive ketones (excluding diaryl/α,β-unsaturated/α-hetero) is 1. The van der Waals surface area contributed by atoms with Crippen molar-refractivity contribution >= 4 is 23.0 Å². The molecule has 0 spiro atoms. The number of ketones is 1. The van der Waals surface area contributed by atoms with Crippen LogP contribution in [0.25, 0.3) is 16.4 Å². The van der Waals surface area contributed by atoms with E-state index >= 15 is 0 Å². The van der Waals surface area contributed by atoms with Crippen LogP contribution in [0.1, 0.15) is 38.1 Å². The quantitative estimate of drug-likeness (QED) is 0.841. The average Bonchev–Trinajstić information content (AvgIpc) is 3.06. The van der Waals surface area contributed by atoms with Crippen molar-refractivity contribution < 1.29 is 4.79 Å². The summed E-state index contributed by atoms with van der Waals surface area (Å²) in [5.74, 6) is 1.02. The number of fused-ring (bicyclic) bond motifs is 2. The number of hydrogen-bond acceptors (Lipinski definition) is 6. The fourth-order valence-corrected chi connectivity index (χ4v) is 3.47. The lowest BCUT2D eigenvalue weighted by Crippen LogP contribution is -2.45. The molecular weight excluding hydrogens is 286 g/mol. The molecule has 0 saturated heterocycles. The molecule has 0 saturated carbocycles. The molecule has 4 rings (SSSR count). The predicted molar refractivity (Wildman–Crippen MR) is 79.6 cm³/mol. The maximum Gasteiger partial charge on any atom is 0.163 e. The van der Waals surface area contributed by atoms with Crippen LogP contribution in [0.15, 0.2) is 11.8 Å². The van der Waals surface area contributed by atoms with E-state index in [2.05, 4.69) is 24.9 Å². The van der Waals surface area contributed by atoms with Crippen molar-refractivity contribution in [2.75, 3.05) is 0 Å². The van der Waals surface area contributed by atoms with Gasteiger partial charge in [-0.25, -0.2) is 4.98 Å². The molecule has 0 amide bonds. The number of imidazole rings is 1.